The maximum Gasteiger partial charge on any atom is 0.242 e. The summed E-state index contributed by atoms with van der Waals surface area (Å²) in [6.45, 7) is 6.24. The Balaban J connectivity index is 2.49. The maximum atomic E-state index is 12.8. The molecule has 4 nitrogen and oxygen atoms in total. The van der Waals surface area contributed by atoms with Crippen molar-refractivity contribution in [1.29, 1.82) is 0 Å². The summed E-state index contributed by atoms with van der Waals surface area (Å²) in [7, 11) is -3.56. The number of thiophene rings is 1. The van der Waals surface area contributed by atoms with Gasteiger partial charge in [-0.3, -0.25) is 0 Å². The van der Waals surface area contributed by atoms with Crippen LogP contribution in [-0.4, -0.2) is 14.5 Å². The van der Waals surface area contributed by atoms with Crippen LogP contribution >= 0.6 is 11.3 Å². The first-order valence-corrected chi connectivity index (χ1v) is 9.43. The van der Waals surface area contributed by atoms with Gasteiger partial charge in [-0.25, -0.2) is 13.1 Å². The van der Waals surface area contributed by atoms with Crippen LogP contribution in [0.25, 0.3) is 10.1 Å². The molecule has 1 aromatic carbocycles. The third kappa shape index (κ3) is 3.29. The second-order valence-corrected chi connectivity index (χ2v) is 8.14. The molecular weight excluding hydrogens is 304 g/mol. The molecule has 0 spiro atoms. The van der Waals surface area contributed by atoms with E-state index < -0.39 is 10.0 Å². The van der Waals surface area contributed by atoms with E-state index in [1.54, 1.807) is 0 Å². The third-order valence-electron chi connectivity index (χ3n) is 3.91. The second kappa shape index (κ2) is 6.44. The summed E-state index contributed by atoms with van der Waals surface area (Å²) in [6, 6.07) is 7.42. The summed E-state index contributed by atoms with van der Waals surface area (Å²) in [6.07, 6.45) is 0.928. The Bertz CT molecular complexity index is 722. The van der Waals surface area contributed by atoms with Crippen molar-refractivity contribution in [3.63, 3.8) is 0 Å². The quantitative estimate of drug-likeness (QED) is 0.857. The van der Waals surface area contributed by atoms with Gasteiger partial charge in [0.15, 0.2) is 0 Å². The number of benzene rings is 1. The molecule has 2 unspecified atom stereocenters. The Labute approximate surface area is 130 Å². The minimum atomic E-state index is -3.56. The predicted octanol–water partition coefficient (Wildman–Crippen LogP) is 3.07. The van der Waals surface area contributed by atoms with Crippen molar-refractivity contribution < 1.29 is 8.42 Å². The number of nitrogens with one attached hydrogen (secondary N) is 1. The monoisotopic (exact) mass is 326 g/mol. The lowest BCUT2D eigenvalue weighted by Crippen LogP contribution is -2.37. The second-order valence-electron chi connectivity index (χ2n) is 5.35. The van der Waals surface area contributed by atoms with Gasteiger partial charge in [-0.05, 0) is 18.9 Å². The van der Waals surface area contributed by atoms with Crippen molar-refractivity contribution in [2.75, 3.05) is 0 Å². The van der Waals surface area contributed by atoms with Crippen LogP contribution in [0.5, 0.6) is 0 Å². The molecule has 21 heavy (non-hydrogen) atoms. The van der Waals surface area contributed by atoms with E-state index in [0.29, 0.717) is 9.77 Å². The highest BCUT2D eigenvalue weighted by molar-refractivity contribution is 7.90. The van der Waals surface area contributed by atoms with E-state index in [-0.39, 0.29) is 18.5 Å². The van der Waals surface area contributed by atoms with Crippen LogP contribution < -0.4 is 10.5 Å². The first-order valence-electron chi connectivity index (χ1n) is 7.13. The number of hydrogen-bond acceptors (Lipinski definition) is 4. The van der Waals surface area contributed by atoms with E-state index in [0.717, 1.165) is 16.5 Å². The molecule has 2 aromatic rings. The molecule has 116 valence electrons. The average molecular weight is 326 g/mol. The minimum Gasteiger partial charge on any atom is -0.326 e. The highest BCUT2D eigenvalue weighted by Crippen LogP contribution is 2.34. The van der Waals surface area contributed by atoms with E-state index >= 15 is 0 Å². The van der Waals surface area contributed by atoms with Gasteiger partial charge in [0.1, 0.15) is 4.90 Å². The highest BCUT2D eigenvalue weighted by Gasteiger charge is 2.26. The Morgan fingerprint density at radius 3 is 2.57 bits per heavy atom. The van der Waals surface area contributed by atoms with Gasteiger partial charge in [0.05, 0.1) is 0 Å². The zero-order chi connectivity index (χ0) is 15.6. The molecule has 0 aliphatic rings. The standard InChI is InChI=1S/C15H22N2O2S2/c1-4-10(2)11(3)17-21(18,19)15-12-7-5-6-8-13(12)20-14(15)9-16/h5-8,10-11,17H,4,9,16H2,1-3H3. The van der Waals surface area contributed by atoms with Crippen molar-refractivity contribution in [1.82, 2.24) is 4.72 Å². The number of sulfonamides is 1. The predicted molar refractivity (Wildman–Crippen MR) is 89.0 cm³/mol. The van der Waals surface area contributed by atoms with Crippen molar-refractivity contribution in [2.24, 2.45) is 11.7 Å². The molecule has 0 aliphatic carbocycles. The summed E-state index contributed by atoms with van der Waals surface area (Å²) >= 11 is 1.45. The number of fused-ring (bicyclic) bond motifs is 1. The SMILES string of the molecule is CCC(C)C(C)NS(=O)(=O)c1c(CN)sc2ccccc12. The van der Waals surface area contributed by atoms with Crippen LogP contribution in [0, 0.1) is 5.92 Å². The molecule has 2 atom stereocenters. The van der Waals surface area contributed by atoms with E-state index in [4.69, 9.17) is 5.73 Å². The Hall–Kier alpha value is -0.950. The first-order chi connectivity index (χ1) is 9.90. The molecule has 0 amide bonds. The lowest BCUT2D eigenvalue weighted by atomic mass is 10.0. The van der Waals surface area contributed by atoms with Crippen LogP contribution in [0.2, 0.25) is 0 Å². The molecule has 0 radical (unpaired) electrons. The average Bonchev–Trinajstić information content (AvgIpc) is 2.85. The maximum absolute atomic E-state index is 12.8. The lowest BCUT2D eigenvalue weighted by molar-refractivity contribution is 0.434. The van der Waals surface area contributed by atoms with Crippen molar-refractivity contribution >= 4 is 31.4 Å². The Morgan fingerprint density at radius 1 is 1.29 bits per heavy atom. The summed E-state index contributed by atoms with van der Waals surface area (Å²) in [5.74, 6) is 0.283. The number of hydrogen-bond donors (Lipinski definition) is 2. The van der Waals surface area contributed by atoms with Crippen molar-refractivity contribution in [3.05, 3.63) is 29.1 Å². The summed E-state index contributed by atoms with van der Waals surface area (Å²) in [5, 5.41) is 0.756. The summed E-state index contributed by atoms with van der Waals surface area (Å²) in [5.41, 5.74) is 5.75. The van der Waals surface area contributed by atoms with Crippen LogP contribution in [0.15, 0.2) is 29.2 Å². The van der Waals surface area contributed by atoms with E-state index in [9.17, 15) is 8.42 Å². The normalized spacial score (nSPS) is 15.2. The van der Waals surface area contributed by atoms with Crippen LogP contribution in [-0.2, 0) is 16.6 Å². The third-order valence-corrected chi connectivity index (χ3v) is 6.92. The van der Waals surface area contributed by atoms with Crippen LogP contribution in [0.1, 0.15) is 32.1 Å². The molecule has 2 rings (SSSR count). The Morgan fingerprint density at radius 2 is 1.95 bits per heavy atom. The zero-order valence-electron chi connectivity index (χ0n) is 12.6. The fraction of sp³-hybridized carbons (Fsp3) is 0.467. The van der Waals surface area contributed by atoms with Crippen LogP contribution in [0.4, 0.5) is 0 Å². The van der Waals surface area contributed by atoms with Crippen molar-refractivity contribution in [3.8, 4) is 0 Å². The molecule has 0 bridgehead atoms. The van der Waals surface area contributed by atoms with Gasteiger partial charge in [0.2, 0.25) is 10.0 Å². The molecule has 0 aliphatic heterocycles. The van der Waals surface area contributed by atoms with E-state index in [1.807, 2.05) is 38.1 Å². The molecule has 0 saturated carbocycles. The van der Waals surface area contributed by atoms with Gasteiger partial charge in [-0.2, -0.15) is 0 Å². The molecular formula is C15H22N2O2S2. The van der Waals surface area contributed by atoms with Gasteiger partial charge >= 0.3 is 0 Å². The van der Waals surface area contributed by atoms with Gasteiger partial charge in [-0.15, -0.1) is 11.3 Å². The van der Waals surface area contributed by atoms with E-state index in [2.05, 4.69) is 11.6 Å². The molecule has 0 fully saturated rings. The van der Waals surface area contributed by atoms with Gasteiger partial charge in [-0.1, -0.05) is 38.5 Å². The molecule has 6 heteroatoms. The topological polar surface area (TPSA) is 72.2 Å². The molecule has 3 N–H and O–H groups in total. The molecule has 1 aromatic heterocycles. The molecule has 0 saturated heterocycles. The molecule has 1 heterocycles. The van der Waals surface area contributed by atoms with Crippen molar-refractivity contribution in [2.45, 2.75) is 44.7 Å². The van der Waals surface area contributed by atoms with Gasteiger partial charge in [0, 0.05) is 27.5 Å². The van der Waals surface area contributed by atoms with Crippen LogP contribution in [0.3, 0.4) is 0 Å². The fourth-order valence-electron chi connectivity index (χ4n) is 2.27. The number of rotatable bonds is 6. The van der Waals surface area contributed by atoms with Gasteiger partial charge < -0.3 is 5.73 Å². The number of nitrogens with two attached hydrogens (primary N) is 1. The first kappa shape index (κ1) is 16.4. The fourth-order valence-corrected chi connectivity index (χ4v) is 5.46. The minimum absolute atomic E-state index is 0.107. The smallest absolute Gasteiger partial charge is 0.242 e. The lowest BCUT2D eigenvalue weighted by Gasteiger charge is -2.20. The largest absolute Gasteiger partial charge is 0.326 e. The summed E-state index contributed by atoms with van der Waals surface area (Å²) < 4.78 is 29.3. The summed E-state index contributed by atoms with van der Waals surface area (Å²) in [4.78, 5) is 1.06. The van der Waals surface area contributed by atoms with E-state index in [1.165, 1.54) is 11.3 Å². The zero-order valence-corrected chi connectivity index (χ0v) is 14.2. The van der Waals surface area contributed by atoms with Gasteiger partial charge in [0.25, 0.3) is 0 Å². The highest BCUT2D eigenvalue weighted by atomic mass is 32.2. The Kier molecular flexibility index (Phi) is 5.03.